The number of ether oxygens (including phenoxy) is 1. The first kappa shape index (κ1) is 14.4. The molecule has 0 saturated heterocycles. The van der Waals surface area contributed by atoms with Gasteiger partial charge in [0.25, 0.3) is 0 Å². The van der Waals surface area contributed by atoms with Gasteiger partial charge in [-0.25, -0.2) is 0 Å². The predicted octanol–water partition coefficient (Wildman–Crippen LogP) is 4.34. The maximum absolute atomic E-state index is 6.04. The van der Waals surface area contributed by atoms with Crippen LogP contribution in [-0.4, -0.2) is 0 Å². The zero-order chi connectivity index (χ0) is 14.7. The van der Waals surface area contributed by atoms with Crippen molar-refractivity contribution >= 4 is 5.69 Å². The van der Waals surface area contributed by atoms with Crippen LogP contribution in [0.15, 0.2) is 30.3 Å². The Balaban J connectivity index is 2.17. The van der Waals surface area contributed by atoms with Gasteiger partial charge in [-0.15, -0.1) is 0 Å². The molecule has 0 aliphatic rings. The quantitative estimate of drug-likeness (QED) is 0.838. The Labute approximate surface area is 121 Å². The Hall–Kier alpha value is -1.96. The second kappa shape index (κ2) is 6.00. The smallest absolute Gasteiger partial charge is 0.142 e. The SMILES string of the molecule is CCc1ccc(OCc2c(C)cc(C)cc2C)c(N)c1. The van der Waals surface area contributed by atoms with Crippen molar-refractivity contribution in [2.24, 2.45) is 0 Å². The third-order valence-electron chi connectivity index (χ3n) is 3.69. The van der Waals surface area contributed by atoms with Crippen LogP contribution in [0.25, 0.3) is 0 Å². The van der Waals surface area contributed by atoms with Crippen molar-refractivity contribution in [1.82, 2.24) is 0 Å². The van der Waals surface area contributed by atoms with E-state index < -0.39 is 0 Å². The summed E-state index contributed by atoms with van der Waals surface area (Å²) in [7, 11) is 0. The Morgan fingerprint density at radius 2 is 1.65 bits per heavy atom. The summed E-state index contributed by atoms with van der Waals surface area (Å²) in [4.78, 5) is 0. The summed E-state index contributed by atoms with van der Waals surface area (Å²) in [6.45, 7) is 9.05. The summed E-state index contributed by atoms with van der Waals surface area (Å²) in [5.41, 5.74) is 13.1. The highest BCUT2D eigenvalue weighted by molar-refractivity contribution is 5.54. The molecule has 0 fully saturated rings. The van der Waals surface area contributed by atoms with Crippen molar-refractivity contribution in [3.05, 3.63) is 58.1 Å². The lowest BCUT2D eigenvalue weighted by molar-refractivity contribution is 0.306. The summed E-state index contributed by atoms with van der Waals surface area (Å²) in [6, 6.07) is 10.4. The summed E-state index contributed by atoms with van der Waals surface area (Å²) in [5.74, 6) is 0.765. The lowest BCUT2D eigenvalue weighted by atomic mass is 10.0. The van der Waals surface area contributed by atoms with Crippen LogP contribution >= 0.6 is 0 Å². The number of hydrogen-bond acceptors (Lipinski definition) is 2. The number of benzene rings is 2. The van der Waals surface area contributed by atoms with Crippen LogP contribution in [0.2, 0.25) is 0 Å². The van der Waals surface area contributed by atoms with Gasteiger partial charge in [0.1, 0.15) is 12.4 Å². The standard InChI is InChI=1S/C18H23NO/c1-5-15-6-7-18(17(19)10-15)20-11-16-13(3)8-12(2)9-14(16)4/h6-10H,5,11,19H2,1-4H3. The molecule has 0 aliphatic carbocycles. The highest BCUT2D eigenvalue weighted by Gasteiger charge is 2.07. The summed E-state index contributed by atoms with van der Waals surface area (Å²) < 4.78 is 5.90. The molecule has 0 radical (unpaired) electrons. The van der Waals surface area contributed by atoms with Gasteiger partial charge in [0.15, 0.2) is 0 Å². The highest BCUT2D eigenvalue weighted by Crippen LogP contribution is 2.25. The molecule has 2 nitrogen and oxygen atoms in total. The normalized spacial score (nSPS) is 10.6. The van der Waals surface area contributed by atoms with Crippen LogP contribution in [0.5, 0.6) is 5.75 Å². The molecule has 0 amide bonds. The average molecular weight is 269 g/mol. The molecular weight excluding hydrogens is 246 g/mol. The number of aryl methyl sites for hydroxylation is 4. The molecule has 2 heteroatoms. The van der Waals surface area contributed by atoms with Crippen molar-refractivity contribution in [2.75, 3.05) is 5.73 Å². The van der Waals surface area contributed by atoms with E-state index in [0.29, 0.717) is 12.3 Å². The van der Waals surface area contributed by atoms with E-state index in [9.17, 15) is 0 Å². The molecule has 0 aliphatic heterocycles. The van der Waals surface area contributed by atoms with Gasteiger partial charge in [0.05, 0.1) is 5.69 Å². The van der Waals surface area contributed by atoms with E-state index in [1.807, 2.05) is 12.1 Å². The molecule has 0 heterocycles. The van der Waals surface area contributed by atoms with Crippen molar-refractivity contribution in [3.8, 4) is 5.75 Å². The van der Waals surface area contributed by atoms with Crippen molar-refractivity contribution in [3.63, 3.8) is 0 Å². The third kappa shape index (κ3) is 3.13. The van der Waals surface area contributed by atoms with Crippen LogP contribution in [0.1, 0.15) is 34.7 Å². The van der Waals surface area contributed by atoms with Gasteiger partial charge in [-0.2, -0.15) is 0 Å². The topological polar surface area (TPSA) is 35.2 Å². The zero-order valence-electron chi connectivity index (χ0n) is 12.8. The lowest BCUT2D eigenvalue weighted by Gasteiger charge is -2.14. The minimum Gasteiger partial charge on any atom is -0.487 e. The minimum atomic E-state index is 0.563. The van der Waals surface area contributed by atoms with Crippen LogP contribution in [-0.2, 0) is 13.0 Å². The Morgan fingerprint density at radius 3 is 2.20 bits per heavy atom. The second-order valence-corrected chi connectivity index (χ2v) is 5.39. The van der Waals surface area contributed by atoms with E-state index >= 15 is 0 Å². The Bertz CT molecular complexity index is 594. The molecule has 106 valence electrons. The monoisotopic (exact) mass is 269 g/mol. The van der Waals surface area contributed by atoms with Gasteiger partial charge in [0.2, 0.25) is 0 Å². The number of nitrogens with two attached hydrogens (primary N) is 1. The summed E-state index contributed by atoms with van der Waals surface area (Å²) in [6.07, 6.45) is 0.987. The maximum atomic E-state index is 6.04. The predicted molar refractivity (Wildman–Crippen MR) is 85.2 cm³/mol. The Morgan fingerprint density at radius 1 is 1.00 bits per heavy atom. The molecular formula is C18H23NO. The number of anilines is 1. The Kier molecular flexibility index (Phi) is 4.33. The first-order valence-corrected chi connectivity index (χ1v) is 7.09. The van der Waals surface area contributed by atoms with Crippen molar-refractivity contribution in [2.45, 2.75) is 40.7 Å². The first-order chi connectivity index (χ1) is 9.51. The molecule has 2 rings (SSSR count). The molecule has 0 saturated carbocycles. The van der Waals surface area contributed by atoms with Crippen LogP contribution in [0.3, 0.4) is 0 Å². The van der Waals surface area contributed by atoms with Crippen molar-refractivity contribution in [1.29, 1.82) is 0 Å². The molecule has 2 aromatic carbocycles. The molecule has 2 N–H and O–H groups in total. The molecule has 20 heavy (non-hydrogen) atoms. The second-order valence-electron chi connectivity index (χ2n) is 5.39. The van der Waals surface area contributed by atoms with E-state index in [1.165, 1.54) is 27.8 Å². The average Bonchev–Trinajstić information content (AvgIpc) is 2.39. The fraction of sp³-hybridized carbons (Fsp3) is 0.333. The van der Waals surface area contributed by atoms with E-state index in [-0.39, 0.29) is 0 Å². The third-order valence-corrected chi connectivity index (χ3v) is 3.69. The van der Waals surface area contributed by atoms with Crippen LogP contribution in [0.4, 0.5) is 5.69 Å². The summed E-state index contributed by atoms with van der Waals surface area (Å²) in [5, 5.41) is 0. The molecule has 0 spiro atoms. The fourth-order valence-corrected chi connectivity index (χ4v) is 2.54. The largest absolute Gasteiger partial charge is 0.487 e. The van der Waals surface area contributed by atoms with Crippen molar-refractivity contribution < 1.29 is 4.74 Å². The van der Waals surface area contributed by atoms with E-state index in [2.05, 4.69) is 45.9 Å². The van der Waals surface area contributed by atoms with Gasteiger partial charge in [-0.1, -0.05) is 30.7 Å². The molecule has 2 aromatic rings. The zero-order valence-corrected chi connectivity index (χ0v) is 12.8. The number of nitrogen functional groups attached to an aromatic ring is 1. The molecule has 0 aromatic heterocycles. The van der Waals surface area contributed by atoms with E-state index in [4.69, 9.17) is 10.5 Å². The van der Waals surface area contributed by atoms with E-state index in [0.717, 1.165) is 12.2 Å². The number of rotatable bonds is 4. The fourth-order valence-electron chi connectivity index (χ4n) is 2.54. The molecule has 0 unspecified atom stereocenters. The molecule has 0 bridgehead atoms. The van der Waals surface area contributed by atoms with Gasteiger partial charge < -0.3 is 10.5 Å². The van der Waals surface area contributed by atoms with Crippen LogP contribution in [0, 0.1) is 20.8 Å². The van der Waals surface area contributed by atoms with Gasteiger partial charge in [0, 0.05) is 0 Å². The highest BCUT2D eigenvalue weighted by atomic mass is 16.5. The minimum absolute atomic E-state index is 0.563. The van der Waals surface area contributed by atoms with E-state index in [1.54, 1.807) is 0 Å². The van der Waals surface area contributed by atoms with Gasteiger partial charge in [-0.05, 0) is 61.6 Å². The lowest BCUT2D eigenvalue weighted by Crippen LogP contribution is -2.03. The molecule has 0 atom stereocenters. The maximum Gasteiger partial charge on any atom is 0.142 e. The van der Waals surface area contributed by atoms with Crippen LogP contribution < -0.4 is 10.5 Å². The van der Waals surface area contributed by atoms with Gasteiger partial charge in [-0.3, -0.25) is 0 Å². The number of hydrogen-bond donors (Lipinski definition) is 1. The first-order valence-electron chi connectivity index (χ1n) is 7.09. The summed E-state index contributed by atoms with van der Waals surface area (Å²) >= 11 is 0. The van der Waals surface area contributed by atoms with Gasteiger partial charge >= 0.3 is 0 Å².